The molecule has 2 heteroatoms. The van der Waals surface area contributed by atoms with Crippen LogP contribution in [0.25, 0.3) is 0 Å². The van der Waals surface area contributed by atoms with Crippen LogP contribution < -0.4 is 0 Å². The Hall–Kier alpha value is -0.790. The van der Waals surface area contributed by atoms with E-state index in [1.165, 1.54) is 11.3 Å². The van der Waals surface area contributed by atoms with Crippen molar-refractivity contribution >= 4 is 0 Å². The minimum atomic E-state index is 0.354. The van der Waals surface area contributed by atoms with Gasteiger partial charge in [0.15, 0.2) is 0 Å². The van der Waals surface area contributed by atoms with E-state index in [1.54, 1.807) is 0 Å². The van der Waals surface area contributed by atoms with Gasteiger partial charge in [-0.25, -0.2) is 0 Å². The molecule has 0 aliphatic heterocycles. The Labute approximate surface area is 81.0 Å². The van der Waals surface area contributed by atoms with Crippen LogP contribution in [0.1, 0.15) is 39.0 Å². The molecular formula is C11H20N2. The Kier molecular flexibility index (Phi) is 2.79. The molecule has 0 aromatic carbocycles. The lowest BCUT2D eigenvalue weighted by Crippen LogP contribution is -2.10. The Morgan fingerprint density at radius 2 is 2.00 bits per heavy atom. The van der Waals surface area contributed by atoms with Gasteiger partial charge in [-0.05, 0) is 31.2 Å². The number of hydrogen-bond donors (Lipinski definition) is 0. The highest BCUT2D eigenvalue weighted by Gasteiger charge is 2.14. The molecule has 1 aromatic heterocycles. The molecule has 0 saturated carbocycles. The highest BCUT2D eigenvalue weighted by Crippen LogP contribution is 2.22. The third-order valence-electron chi connectivity index (χ3n) is 2.23. The normalized spacial score (nSPS) is 12.1. The predicted octanol–water partition coefficient (Wildman–Crippen LogP) is 2.80. The van der Waals surface area contributed by atoms with E-state index in [1.807, 2.05) is 6.20 Å². The first-order valence-electron chi connectivity index (χ1n) is 4.95. The maximum absolute atomic E-state index is 4.34. The van der Waals surface area contributed by atoms with E-state index >= 15 is 0 Å². The zero-order valence-electron chi connectivity index (χ0n) is 9.39. The molecule has 0 amide bonds. The van der Waals surface area contributed by atoms with Gasteiger partial charge in [0.1, 0.15) is 0 Å². The SMILES string of the molecule is CCn1ncc(CC(C)(C)C)c1C. The second-order valence-corrected chi connectivity index (χ2v) is 4.81. The van der Waals surface area contributed by atoms with Crippen molar-refractivity contribution in [3.8, 4) is 0 Å². The van der Waals surface area contributed by atoms with E-state index in [9.17, 15) is 0 Å². The fourth-order valence-corrected chi connectivity index (χ4v) is 1.55. The number of rotatable bonds is 2. The van der Waals surface area contributed by atoms with Crippen molar-refractivity contribution in [2.75, 3.05) is 0 Å². The van der Waals surface area contributed by atoms with Crippen LogP contribution in [0.5, 0.6) is 0 Å². The average molecular weight is 180 g/mol. The molecule has 0 saturated heterocycles. The molecule has 0 aliphatic carbocycles. The van der Waals surface area contributed by atoms with Gasteiger partial charge < -0.3 is 0 Å². The van der Waals surface area contributed by atoms with Crippen LogP contribution in [0.3, 0.4) is 0 Å². The van der Waals surface area contributed by atoms with E-state index in [2.05, 4.69) is 44.4 Å². The lowest BCUT2D eigenvalue weighted by molar-refractivity contribution is 0.410. The summed E-state index contributed by atoms with van der Waals surface area (Å²) in [5.41, 5.74) is 3.05. The van der Waals surface area contributed by atoms with Gasteiger partial charge in [-0.15, -0.1) is 0 Å². The van der Waals surface area contributed by atoms with Crippen LogP contribution in [0, 0.1) is 12.3 Å². The van der Waals surface area contributed by atoms with Crippen LogP contribution in [0.2, 0.25) is 0 Å². The van der Waals surface area contributed by atoms with Gasteiger partial charge in [0.2, 0.25) is 0 Å². The van der Waals surface area contributed by atoms with Crippen LogP contribution in [-0.4, -0.2) is 9.78 Å². The second-order valence-electron chi connectivity index (χ2n) is 4.81. The number of aromatic nitrogens is 2. The van der Waals surface area contributed by atoms with Crippen molar-refractivity contribution in [2.24, 2.45) is 5.41 Å². The standard InChI is InChI=1S/C11H20N2/c1-6-13-9(2)10(8-12-13)7-11(3,4)5/h8H,6-7H2,1-5H3. The third-order valence-corrected chi connectivity index (χ3v) is 2.23. The molecule has 74 valence electrons. The van der Waals surface area contributed by atoms with E-state index in [4.69, 9.17) is 0 Å². The summed E-state index contributed by atoms with van der Waals surface area (Å²) < 4.78 is 2.06. The minimum absolute atomic E-state index is 0.354. The Morgan fingerprint density at radius 3 is 2.38 bits per heavy atom. The zero-order valence-corrected chi connectivity index (χ0v) is 9.39. The summed E-state index contributed by atoms with van der Waals surface area (Å²) in [5, 5.41) is 4.34. The highest BCUT2D eigenvalue weighted by molar-refractivity contribution is 5.17. The number of aryl methyl sites for hydroxylation is 1. The minimum Gasteiger partial charge on any atom is -0.270 e. The van der Waals surface area contributed by atoms with E-state index in [0.717, 1.165) is 13.0 Å². The molecule has 0 fully saturated rings. The summed E-state index contributed by atoms with van der Waals surface area (Å²) in [7, 11) is 0. The summed E-state index contributed by atoms with van der Waals surface area (Å²) in [4.78, 5) is 0. The topological polar surface area (TPSA) is 17.8 Å². The first-order valence-corrected chi connectivity index (χ1v) is 4.95. The van der Waals surface area contributed by atoms with E-state index < -0.39 is 0 Å². The summed E-state index contributed by atoms with van der Waals surface area (Å²) in [6, 6.07) is 0. The molecule has 1 heterocycles. The molecule has 0 aliphatic rings. The maximum atomic E-state index is 4.34. The van der Waals surface area contributed by atoms with Crippen LogP contribution in [0.4, 0.5) is 0 Å². The van der Waals surface area contributed by atoms with E-state index in [-0.39, 0.29) is 0 Å². The monoisotopic (exact) mass is 180 g/mol. The second kappa shape index (κ2) is 3.52. The van der Waals surface area contributed by atoms with Crippen molar-refractivity contribution in [1.82, 2.24) is 9.78 Å². The van der Waals surface area contributed by atoms with E-state index in [0.29, 0.717) is 5.41 Å². The predicted molar refractivity (Wildman–Crippen MR) is 55.8 cm³/mol. The van der Waals surface area contributed by atoms with Gasteiger partial charge in [0.05, 0.1) is 6.20 Å². The summed E-state index contributed by atoms with van der Waals surface area (Å²) >= 11 is 0. The summed E-state index contributed by atoms with van der Waals surface area (Å²) in [6.45, 7) is 12.0. The molecule has 1 aromatic rings. The molecule has 0 radical (unpaired) electrons. The van der Waals surface area contributed by atoms with Gasteiger partial charge in [-0.2, -0.15) is 5.10 Å². The average Bonchev–Trinajstić information content (AvgIpc) is 2.30. The van der Waals surface area contributed by atoms with Gasteiger partial charge in [0.25, 0.3) is 0 Å². The van der Waals surface area contributed by atoms with Crippen molar-refractivity contribution in [3.63, 3.8) is 0 Å². The van der Waals surface area contributed by atoms with Crippen LogP contribution in [-0.2, 0) is 13.0 Å². The third kappa shape index (κ3) is 2.58. The van der Waals surface area contributed by atoms with Crippen molar-refractivity contribution in [3.05, 3.63) is 17.5 Å². The largest absolute Gasteiger partial charge is 0.270 e. The smallest absolute Gasteiger partial charge is 0.0524 e. The van der Waals surface area contributed by atoms with Gasteiger partial charge in [-0.3, -0.25) is 4.68 Å². The molecule has 0 atom stereocenters. The Morgan fingerprint density at radius 1 is 1.38 bits per heavy atom. The first kappa shape index (κ1) is 10.3. The van der Waals surface area contributed by atoms with Crippen LogP contribution >= 0.6 is 0 Å². The van der Waals surface area contributed by atoms with Gasteiger partial charge >= 0.3 is 0 Å². The maximum Gasteiger partial charge on any atom is 0.0524 e. The van der Waals surface area contributed by atoms with Crippen LogP contribution in [0.15, 0.2) is 6.20 Å². The lowest BCUT2D eigenvalue weighted by atomic mass is 9.88. The van der Waals surface area contributed by atoms with Gasteiger partial charge in [-0.1, -0.05) is 20.8 Å². The molecule has 1 rings (SSSR count). The molecule has 0 spiro atoms. The number of nitrogens with zero attached hydrogens (tertiary/aromatic N) is 2. The molecule has 13 heavy (non-hydrogen) atoms. The lowest BCUT2D eigenvalue weighted by Gasteiger charge is -2.17. The fourth-order valence-electron chi connectivity index (χ4n) is 1.55. The van der Waals surface area contributed by atoms with Crippen molar-refractivity contribution in [1.29, 1.82) is 0 Å². The quantitative estimate of drug-likeness (QED) is 0.684. The first-order chi connectivity index (χ1) is 5.94. The molecule has 0 bridgehead atoms. The molecule has 2 nitrogen and oxygen atoms in total. The Balaban J connectivity index is 2.84. The highest BCUT2D eigenvalue weighted by atomic mass is 15.3. The fraction of sp³-hybridized carbons (Fsp3) is 0.727. The molecular weight excluding hydrogens is 160 g/mol. The number of hydrogen-bond acceptors (Lipinski definition) is 1. The molecule has 0 N–H and O–H groups in total. The summed E-state index contributed by atoms with van der Waals surface area (Å²) in [6.07, 6.45) is 3.11. The zero-order chi connectivity index (χ0) is 10.1. The molecule has 0 unspecified atom stereocenters. The Bertz CT molecular complexity index is 279. The van der Waals surface area contributed by atoms with Crippen molar-refractivity contribution < 1.29 is 0 Å². The summed E-state index contributed by atoms with van der Waals surface area (Å²) in [5.74, 6) is 0. The van der Waals surface area contributed by atoms with Gasteiger partial charge in [0, 0.05) is 12.2 Å². The van der Waals surface area contributed by atoms with Crippen molar-refractivity contribution in [2.45, 2.75) is 47.6 Å².